The highest BCUT2D eigenvalue weighted by atomic mass is 16.6. The summed E-state index contributed by atoms with van der Waals surface area (Å²) in [5, 5.41) is 17.5. The number of ether oxygens (including phenoxy) is 2. The molecule has 0 aliphatic rings. The van der Waals surface area contributed by atoms with Crippen LogP contribution in [-0.2, 0) is 4.79 Å². The van der Waals surface area contributed by atoms with E-state index in [1.54, 1.807) is 20.0 Å². The maximum atomic E-state index is 12.1. The van der Waals surface area contributed by atoms with Gasteiger partial charge in [-0.2, -0.15) is 0 Å². The number of hydrogen-bond acceptors (Lipinski definition) is 8. The number of carbonyl (C=O) groups is 1. The number of carbonyl (C=O) groups excluding carboxylic acids is 1. The molecule has 0 unspecified atom stereocenters. The van der Waals surface area contributed by atoms with Crippen molar-refractivity contribution < 1.29 is 23.7 Å². The second-order valence-electron chi connectivity index (χ2n) is 5.18. The first-order valence-electron chi connectivity index (χ1n) is 7.20. The van der Waals surface area contributed by atoms with Gasteiger partial charge in [0, 0.05) is 19.2 Å². The molecule has 1 amide bonds. The number of methoxy groups -OCH3 is 2. The molecule has 0 fully saturated rings. The summed E-state index contributed by atoms with van der Waals surface area (Å²) in [7, 11) is 4.37. The standard InChI is InChI=1S/C15H18N4O6/c1-9-5-14(17-25-9)16-15(20)8-18(2)10-6-12(23-3)13(24-4)7-11(10)19(21)22/h5-7H,8H2,1-4H3,(H,16,17,20). The van der Waals surface area contributed by atoms with Gasteiger partial charge >= 0.3 is 0 Å². The maximum Gasteiger partial charge on any atom is 0.296 e. The van der Waals surface area contributed by atoms with E-state index in [-0.39, 0.29) is 29.5 Å². The number of aromatic nitrogens is 1. The minimum Gasteiger partial charge on any atom is -0.493 e. The molecule has 2 rings (SSSR count). The maximum absolute atomic E-state index is 12.1. The first kappa shape index (κ1) is 18.0. The lowest BCUT2D eigenvalue weighted by Crippen LogP contribution is -2.30. The van der Waals surface area contributed by atoms with E-state index >= 15 is 0 Å². The Bertz CT molecular complexity index is 788. The van der Waals surface area contributed by atoms with Crippen molar-refractivity contribution in [2.24, 2.45) is 0 Å². The van der Waals surface area contributed by atoms with Crippen LogP contribution in [0.15, 0.2) is 22.7 Å². The summed E-state index contributed by atoms with van der Waals surface area (Å²) < 4.78 is 15.1. The highest BCUT2D eigenvalue weighted by Crippen LogP contribution is 2.39. The second-order valence-corrected chi connectivity index (χ2v) is 5.18. The number of rotatable bonds is 7. The smallest absolute Gasteiger partial charge is 0.296 e. The summed E-state index contributed by atoms with van der Waals surface area (Å²) >= 11 is 0. The number of anilines is 2. The summed E-state index contributed by atoms with van der Waals surface area (Å²) in [4.78, 5) is 24.3. The monoisotopic (exact) mass is 350 g/mol. The van der Waals surface area contributed by atoms with E-state index in [1.165, 1.54) is 31.3 Å². The lowest BCUT2D eigenvalue weighted by atomic mass is 10.2. The Morgan fingerprint density at radius 2 is 1.96 bits per heavy atom. The van der Waals surface area contributed by atoms with Gasteiger partial charge in [-0.3, -0.25) is 14.9 Å². The van der Waals surface area contributed by atoms with Crippen molar-refractivity contribution in [3.63, 3.8) is 0 Å². The molecule has 2 aromatic rings. The van der Waals surface area contributed by atoms with Crippen LogP contribution in [0.25, 0.3) is 0 Å². The van der Waals surface area contributed by atoms with E-state index in [0.29, 0.717) is 11.5 Å². The first-order chi connectivity index (χ1) is 11.8. The molecule has 1 heterocycles. The van der Waals surface area contributed by atoms with E-state index in [1.807, 2.05) is 0 Å². The molecule has 0 saturated heterocycles. The van der Waals surface area contributed by atoms with Crippen molar-refractivity contribution in [1.82, 2.24) is 5.16 Å². The Hall–Kier alpha value is -3.30. The number of nitrogens with one attached hydrogen (secondary N) is 1. The van der Waals surface area contributed by atoms with Crippen molar-refractivity contribution in [1.29, 1.82) is 0 Å². The van der Waals surface area contributed by atoms with E-state index in [2.05, 4.69) is 10.5 Å². The highest BCUT2D eigenvalue weighted by Gasteiger charge is 2.23. The van der Waals surface area contributed by atoms with Gasteiger partial charge in [0.1, 0.15) is 11.4 Å². The molecule has 0 atom stereocenters. The second kappa shape index (κ2) is 7.51. The molecule has 0 radical (unpaired) electrons. The Balaban J connectivity index is 2.23. The lowest BCUT2D eigenvalue weighted by Gasteiger charge is -2.20. The number of hydrogen-bond donors (Lipinski definition) is 1. The van der Waals surface area contributed by atoms with Gasteiger partial charge in [-0.1, -0.05) is 5.16 Å². The van der Waals surface area contributed by atoms with E-state index in [9.17, 15) is 14.9 Å². The third kappa shape index (κ3) is 4.16. The van der Waals surface area contributed by atoms with Crippen LogP contribution in [0.2, 0.25) is 0 Å². The Morgan fingerprint density at radius 3 is 2.48 bits per heavy atom. The lowest BCUT2D eigenvalue weighted by molar-refractivity contribution is -0.384. The molecule has 10 heteroatoms. The van der Waals surface area contributed by atoms with E-state index in [0.717, 1.165) is 0 Å². The van der Waals surface area contributed by atoms with Gasteiger partial charge in [-0.25, -0.2) is 0 Å². The zero-order valence-corrected chi connectivity index (χ0v) is 14.2. The Kier molecular flexibility index (Phi) is 5.42. The number of likely N-dealkylation sites (N-methyl/N-ethyl adjacent to an activating group) is 1. The number of amides is 1. The number of nitro benzene ring substituents is 1. The molecule has 0 saturated carbocycles. The van der Waals surface area contributed by atoms with Crippen LogP contribution in [0.5, 0.6) is 11.5 Å². The van der Waals surface area contributed by atoms with Crippen LogP contribution in [0.3, 0.4) is 0 Å². The molecule has 0 aliphatic carbocycles. The quantitative estimate of drug-likeness (QED) is 0.594. The molecular weight excluding hydrogens is 332 g/mol. The average Bonchev–Trinajstić information content (AvgIpc) is 2.97. The minimum atomic E-state index is -0.549. The highest BCUT2D eigenvalue weighted by molar-refractivity contribution is 5.93. The SMILES string of the molecule is COc1cc(N(C)CC(=O)Nc2cc(C)on2)c([N+](=O)[O-])cc1OC. The van der Waals surface area contributed by atoms with Crippen LogP contribution in [0.1, 0.15) is 5.76 Å². The largest absolute Gasteiger partial charge is 0.493 e. The molecule has 1 aromatic heterocycles. The fourth-order valence-corrected chi connectivity index (χ4v) is 2.22. The van der Waals surface area contributed by atoms with Crippen molar-refractivity contribution in [2.45, 2.75) is 6.92 Å². The summed E-state index contributed by atoms with van der Waals surface area (Å²) in [5.74, 6) is 0.980. The van der Waals surface area contributed by atoms with Crippen LogP contribution in [0, 0.1) is 17.0 Å². The van der Waals surface area contributed by atoms with Crippen molar-refractivity contribution in [2.75, 3.05) is 38.0 Å². The average molecular weight is 350 g/mol. The molecule has 0 aliphatic heterocycles. The third-order valence-corrected chi connectivity index (χ3v) is 3.36. The summed E-state index contributed by atoms with van der Waals surface area (Å²) in [5.41, 5.74) is 0.0133. The van der Waals surface area contributed by atoms with Crippen LogP contribution in [-0.4, -0.2) is 43.8 Å². The first-order valence-corrected chi connectivity index (χ1v) is 7.20. The fourth-order valence-electron chi connectivity index (χ4n) is 2.22. The van der Waals surface area contributed by atoms with E-state index in [4.69, 9.17) is 14.0 Å². The van der Waals surface area contributed by atoms with Crippen molar-refractivity contribution >= 4 is 23.1 Å². The Labute approximate surface area is 143 Å². The van der Waals surface area contributed by atoms with Gasteiger partial charge in [0.05, 0.1) is 31.8 Å². The molecular formula is C15H18N4O6. The number of nitrogens with zero attached hydrogens (tertiary/aromatic N) is 3. The van der Waals surface area contributed by atoms with Gasteiger partial charge < -0.3 is 24.2 Å². The van der Waals surface area contributed by atoms with E-state index < -0.39 is 10.8 Å². The summed E-state index contributed by atoms with van der Waals surface area (Å²) in [6.07, 6.45) is 0. The predicted molar refractivity (Wildman–Crippen MR) is 89.3 cm³/mol. The molecule has 25 heavy (non-hydrogen) atoms. The third-order valence-electron chi connectivity index (χ3n) is 3.36. The van der Waals surface area contributed by atoms with Gasteiger partial charge in [-0.05, 0) is 6.92 Å². The normalized spacial score (nSPS) is 10.2. The summed E-state index contributed by atoms with van der Waals surface area (Å²) in [6.45, 7) is 1.56. The van der Waals surface area contributed by atoms with Crippen molar-refractivity contribution in [3.8, 4) is 11.5 Å². The summed E-state index contributed by atoms with van der Waals surface area (Å²) in [6, 6.07) is 4.27. The topological polar surface area (TPSA) is 120 Å². The van der Waals surface area contributed by atoms with Gasteiger partial charge in [0.25, 0.3) is 5.69 Å². The fraction of sp³-hybridized carbons (Fsp3) is 0.333. The van der Waals surface area contributed by atoms with Gasteiger partial charge in [0.15, 0.2) is 17.3 Å². The number of benzene rings is 1. The van der Waals surface area contributed by atoms with Gasteiger partial charge in [-0.15, -0.1) is 0 Å². The zero-order valence-electron chi connectivity index (χ0n) is 14.2. The number of aryl methyl sites for hydroxylation is 1. The Morgan fingerprint density at radius 1 is 1.32 bits per heavy atom. The van der Waals surface area contributed by atoms with Crippen molar-refractivity contribution in [3.05, 3.63) is 34.1 Å². The molecule has 134 valence electrons. The zero-order chi connectivity index (χ0) is 18.6. The van der Waals surface area contributed by atoms with Gasteiger partial charge in [0.2, 0.25) is 5.91 Å². The predicted octanol–water partition coefficient (Wildman–Crippen LogP) is 1.98. The minimum absolute atomic E-state index is 0.137. The van der Waals surface area contributed by atoms with Crippen LogP contribution < -0.4 is 19.7 Å². The molecule has 1 aromatic carbocycles. The van der Waals surface area contributed by atoms with Crippen LogP contribution >= 0.6 is 0 Å². The molecule has 0 spiro atoms. The number of nitro groups is 1. The van der Waals surface area contributed by atoms with Crippen LogP contribution in [0.4, 0.5) is 17.2 Å². The molecule has 1 N–H and O–H groups in total. The molecule has 10 nitrogen and oxygen atoms in total. The molecule has 0 bridgehead atoms.